The van der Waals surface area contributed by atoms with E-state index in [2.05, 4.69) is 5.32 Å². The fourth-order valence-corrected chi connectivity index (χ4v) is 3.07. The number of amides is 1. The first kappa shape index (κ1) is 13.3. The summed E-state index contributed by atoms with van der Waals surface area (Å²) in [6.45, 7) is 1.95. The fraction of sp³-hybridized carbons (Fsp3) is 0.500. The Morgan fingerprint density at radius 1 is 1.33 bits per heavy atom. The lowest BCUT2D eigenvalue weighted by Gasteiger charge is -2.16. The molecule has 0 radical (unpaired) electrons. The molecule has 3 nitrogen and oxygen atoms in total. The van der Waals surface area contributed by atoms with E-state index < -0.39 is 0 Å². The number of anilines is 1. The summed E-state index contributed by atoms with van der Waals surface area (Å²) in [6, 6.07) is 8.04. The van der Waals surface area contributed by atoms with Gasteiger partial charge >= 0.3 is 0 Å². The van der Waals surface area contributed by atoms with Crippen molar-refractivity contribution in [2.75, 3.05) is 5.73 Å². The normalized spacial score (nSPS) is 17.6. The summed E-state index contributed by atoms with van der Waals surface area (Å²) in [4.78, 5) is 13.1. The van der Waals surface area contributed by atoms with Crippen LogP contribution in [0.5, 0.6) is 0 Å². The molecule has 0 spiro atoms. The van der Waals surface area contributed by atoms with E-state index in [1.165, 1.54) is 12.8 Å². The topological polar surface area (TPSA) is 55.1 Å². The smallest absolute Gasteiger partial charge is 0.233 e. The minimum Gasteiger partial charge on any atom is -0.399 e. The minimum absolute atomic E-state index is 0.0609. The summed E-state index contributed by atoms with van der Waals surface area (Å²) < 4.78 is 0. The molecule has 0 aromatic heterocycles. The summed E-state index contributed by atoms with van der Waals surface area (Å²) in [5.74, 6) is 0.142. The summed E-state index contributed by atoms with van der Waals surface area (Å²) in [6.07, 6.45) is 4.74. The highest BCUT2D eigenvalue weighted by atomic mass is 32.2. The lowest BCUT2D eigenvalue weighted by Crippen LogP contribution is -2.37. The van der Waals surface area contributed by atoms with E-state index in [4.69, 9.17) is 5.73 Å². The maximum Gasteiger partial charge on any atom is 0.233 e. The fourth-order valence-electron chi connectivity index (χ4n) is 2.19. The van der Waals surface area contributed by atoms with Crippen LogP contribution in [0.15, 0.2) is 29.2 Å². The number of nitrogens with two attached hydrogens (primary N) is 1. The molecule has 1 fully saturated rings. The van der Waals surface area contributed by atoms with E-state index in [-0.39, 0.29) is 11.2 Å². The molecule has 1 saturated carbocycles. The van der Waals surface area contributed by atoms with Crippen LogP contribution in [-0.4, -0.2) is 17.2 Å². The van der Waals surface area contributed by atoms with E-state index in [9.17, 15) is 4.79 Å². The van der Waals surface area contributed by atoms with E-state index in [0.717, 1.165) is 23.4 Å². The molecule has 0 bridgehead atoms. The number of nitrogens with one attached hydrogen (secondary N) is 1. The summed E-state index contributed by atoms with van der Waals surface area (Å²) >= 11 is 1.58. The maximum atomic E-state index is 12.0. The van der Waals surface area contributed by atoms with Gasteiger partial charge in [0, 0.05) is 16.6 Å². The van der Waals surface area contributed by atoms with Gasteiger partial charge in [-0.15, -0.1) is 11.8 Å². The van der Waals surface area contributed by atoms with Gasteiger partial charge in [-0.3, -0.25) is 4.79 Å². The van der Waals surface area contributed by atoms with Crippen LogP contribution >= 0.6 is 11.8 Å². The Labute approximate surface area is 113 Å². The zero-order chi connectivity index (χ0) is 13.0. The van der Waals surface area contributed by atoms with Gasteiger partial charge in [0.05, 0.1) is 5.25 Å². The second kappa shape index (κ2) is 6.14. The minimum atomic E-state index is -0.0609. The third-order valence-corrected chi connectivity index (χ3v) is 4.38. The molecule has 1 aromatic carbocycles. The highest BCUT2D eigenvalue weighted by molar-refractivity contribution is 8.00. The monoisotopic (exact) mass is 264 g/mol. The number of hydrogen-bond donors (Lipinski definition) is 2. The highest BCUT2D eigenvalue weighted by Gasteiger charge is 2.21. The second-order valence-electron chi connectivity index (χ2n) is 4.82. The van der Waals surface area contributed by atoms with Gasteiger partial charge in [-0.05, 0) is 44.0 Å². The van der Waals surface area contributed by atoms with Crippen molar-refractivity contribution in [1.29, 1.82) is 0 Å². The number of carbonyl (C=O) groups is 1. The lowest BCUT2D eigenvalue weighted by molar-refractivity contribution is -0.120. The van der Waals surface area contributed by atoms with Gasteiger partial charge in [-0.2, -0.15) is 0 Å². The Balaban J connectivity index is 1.84. The summed E-state index contributed by atoms with van der Waals surface area (Å²) in [7, 11) is 0. The molecule has 0 saturated heterocycles. The molecule has 98 valence electrons. The average molecular weight is 264 g/mol. The SMILES string of the molecule is CC(Sc1ccc(N)cc1)C(=O)NC1CCCC1. The second-order valence-corrected chi connectivity index (χ2v) is 6.23. The third kappa shape index (κ3) is 3.67. The van der Waals surface area contributed by atoms with Crippen LogP contribution in [0.1, 0.15) is 32.6 Å². The Hall–Kier alpha value is -1.16. The number of carbonyl (C=O) groups excluding carboxylic acids is 1. The largest absolute Gasteiger partial charge is 0.399 e. The van der Waals surface area contributed by atoms with Crippen molar-refractivity contribution < 1.29 is 4.79 Å². The number of nitrogen functional groups attached to an aromatic ring is 1. The molecule has 0 aliphatic heterocycles. The van der Waals surface area contributed by atoms with Crippen LogP contribution in [0.3, 0.4) is 0 Å². The van der Waals surface area contributed by atoms with Crippen molar-refractivity contribution >= 4 is 23.4 Å². The van der Waals surface area contributed by atoms with Gasteiger partial charge < -0.3 is 11.1 Å². The number of thioether (sulfide) groups is 1. The molecule has 2 rings (SSSR count). The third-order valence-electron chi connectivity index (χ3n) is 3.26. The van der Waals surface area contributed by atoms with Crippen LogP contribution in [0.25, 0.3) is 0 Å². The molecule has 4 heteroatoms. The molecule has 3 N–H and O–H groups in total. The molecule has 1 amide bonds. The quantitative estimate of drug-likeness (QED) is 0.649. The maximum absolute atomic E-state index is 12.0. The van der Waals surface area contributed by atoms with Gasteiger partial charge in [0.2, 0.25) is 5.91 Å². The predicted octanol–water partition coefficient (Wildman–Crippen LogP) is 2.81. The first-order chi connectivity index (χ1) is 8.65. The van der Waals surface area contributed by atoms with E-state index in [0.29, 0.717) is 6.04 Å². The Morgan fingerprint density at radius 2 is 1.94 bits per heavy atom. The standard InChI is InChI=1S/C14H20N2OS/c1-10(14(17)16-12-4-2-3-5-12)18-13-8-6-11(15)7-9-13/h6-10,12H,2-5,15H2,1H3,(H,16,17). The van der Waals surface area contributed by atoms with Gasteiger partial charge in [0.25, 0.3) is 0 Å². The van der Waals surface area contributed by atoms with Gasteiger partial charge in [0.15, 0.2) is 0 Å². The predicted molar refractivity (Wildman–Crippen MR) is 76.6 cm³/mol. The van der Waals surface area contributed by atoms with E-state index in [1.54, 1.807) is 11.8 Å². The van der Waals surface area contributed by atoms with Crippen LogP contribution in [-0.2, 0) is 4.79 Å². The first-order valence-electron chi connectivity index (χ1n) is 6.48. The molecule has 1 aliphatic rings. The zero-order valence-corrected chi connectivity index (χ0v) is 11.5. The van der Waals surface area contributed by atoms with E-state index >= 15 is 0 Å². The number of hydrogen-bond acceptors (Lipinski definition) is 3. The van der Waals surface area contributed by atoms with Crippen LogP contribution in [0, 0.1) is 0 Å². The highest BCUT2D eigenvalue weighted by Crippen LogP contribution is 2.25. The van der Waals surface area contributed by atoms with Gasteiger partial charge in [-0.25, -0.2) is 0 Å². The van der Waals surface area contributed by atoms with Crippen LogP contribution in [0.4, 0.5) is 5.69 Å². The Morgan fingerprint density at radius 3 is 2.56 bits per heavy atom. The molecule has 1 atom stereocenters. The van der Waals surface area contributed by atoms with Crippen molar-refractivity contribution in [3.63, 3.8) is 0 Å². The van der Waals surface area contributed by atoms with E-state index in [1.807, 2.05) is 31.2 Å². The molecule has 1 aliphatic carbocycles. The van der Waals surface area contributed by atoms with Crippen LogP contribution in [0.2, 0.25) is 0 Å². The Kier molecular flexibility index (Phi) is 4.53. The van der Waals surface area contributed by atoms with Crippen molar-refractivity contribution in [1.82, 2.24) is 5.32 Å². The molecule has 18 heavy (non-hydrogen) atoms. The molecule has 1 aromatic rings. The molecular formula is C14H20N2OS. The Bertz CT molecular complexity index is 399. The van der Waals surface area contributed by atoms with Crippen molar-refractivity contribution in [3.8, 4) is 0 Å². The lowest BCUT2D eigenvalue weighted by atomic mass is 10.2. The number of rotatable bonds is 4. The number of benzene rings is 1. The van der Waals surface area contributed by atoms with Gasteiger partial charge in [-0.1, -0.05) is 12.8 Å². The zero-order valence-electron chi connectivity index (χ0n) is 10.7. The van der Waals surface area contributed by atoms with Crippen molar-refractivity contribution in [3.05, 3.63) is 24.3 Å². The van der Waals surface area contributed by atoms with Crippen LogP contribution < -0.4 is 11.1 Å². The average Bonchev–Trinajstić information content (AvgIpc) is 2.85. The first-order valence-corrected chi connectivity index (χ1v) is 7.35. The summed E-state index contributed by atoms with van der Waals surface area (Å²) in [5.41, 5.74) is 6.39. The summed E-state index contributed by atoms with van der Waals surface area (Å²) in [5, 5.41) is 3.06. The molecule has 1 unspecified atom stereocenters. The van der Waals surface area contributed by atoms with Gasteiger partial charge in [0.1, 0.15) is 0 Å². The molecule has 0 heterocycles. The van der Waals surface area contributed by atoms with Crippen molar-refractivity contribution in [2.24, 2.45) is 0 Å². The van der Waals surface area contributed by atoms with Crippen molar-refractivity contribution in [2.45, 2.75) is 48.8 Å². The molecular weight excluding hydrogens is 244 g/mol.